The predicted molar refractivity (Wildman–Crippen MR) is 117 cm³/mol. The lowest BCUT2D eigenvalue weighted by molar-refractivity contribution is 0.0512. The second-order valence-electron chi connectivity index (χ2n) is 9.77. The Labute approximate surface area is 179 Å². The number of alkyl carbamates (subject to hydrolysis) is 1. The summed E-state index contributed by atoms with van der Waals surface area (Å²) in [5.41, 5.74) is 1.30. The number of hydrogen-bond donors (Lipinski definition) is 4. The van der Waals surface area contributed by atoms with Crippen LogP contribution < -0.4 is 20.8 Å². The van der Waals surface area contributed by atoms with Gasteiger partial charge in [-0.1, -0.05) is 12.1 Å². The topological polar surface area (TPSA) is 100 Å². The highest BCUT2D eigenvalue weighted by molar-refractivity contribution is 6.58. The number of hydrogen-bond acceptors (Lipinski definition) is 6. The van der Waals surface area contributed by atoms with Gasteiger partial charge in [0, 0.05) is 24.7 Å². The van der Waals surface area contributed by atoms with Crippen molar-refractivity contribution < 1.29 is 24.3 Å². The second kappa shape index (κ2) is 9.16. The van der Waals surface area contributed by atoms with Crippen molar-refractivity contribution in [1.82, 2.24) is 10.6 Å². The molecule has 30 heavy (non-hydrogen) atoms. The highest BCUT2D eigenvalue weighted by Gasteiger charge is 2.54. The summed E-state index contributed by atoms with van der Waals surface area (Å²) in [6.07, 6.45) is 5.39. The fourth-order valence-electron chi connectivity index (χ4n) is 4.52. The summed E-state index contributed by atoms with van der Waals surface area (Å²) >= 11 is 0. The molecule has 1 unspecified atom stereocenters. The second-order valence-corrected chi connectivity index (χ2v) is 9.77. The third-order valence-corrected chi connectivity index (χ3v) is 6.37. The van der Waals surface area contributed by atoms with E-state index in [2.05, 4.69) is 10.6 Å². The first kappa shape index (κ1) is 22.9. The Bertz CT molecular complexity index is 742. The summed E-state index contributed by atoms with van der Waals surface area (Å²) in [4.78, 5) is 11.8. The maximum absolute atomic E-state index is 11.8. The number of rotatable bonds is 7. The minimum Gasteiger partial charge on any atom is -0.496 e. The van der Waals surface area contributed by atoms with Gasteiger partial charge in [0.15, 0.2) is 0 Å². The summed E-state index contributed by atoms with van der Waals surface area (Å²) < 4.78 is 10.7. The normalized spacial score (nSPS) is 25.7. The first-order chi connectivity index (χ1) is 14.1. The number of methoxy groups -OCH3 is 1. The lowest BCUT2D eigenvalue weighted by Gasteiger charge is -2.30. The lowest BCUT2D eigenvalue weighted by atomic mass is 9.79. The van der Waals surface area contributed by atoms with Crippen molar-refractivity contribution in [2.45, 2.75) is 71.1 Å². The van der Waals surface area contributed by atoms with Gasteiger partial charge in [0.25, 0.3) is 0 Å². The van der Waals surface area contributed by atoms with E-state index in [1.54, 1.807) is 25.3 Å². The standard InChI is InChI=1S/C22H35BN2O5/c1-21(2,3)30-20(26)25-13-15-7-9-22(10-8-15)12-19(22)24-14-16-11-17(23(27)28)5-6-18(16)29-4/h5-6,11,15,19,24,27-28H,7-10,12-14H2,1-4H3,(H,25,26). The fraction of sp³-hybridized carbons (Fsp3) is 0.682. The lowest BCUT2D eigenvalue weighted by Crippen LogP contribution is -2.36. The van der Waals surface area contributed by atoms with Crippen LogP contribution in [0.25, 0.3) is 0 Å². The molecule has 2 aliphatic carbocycles. The number of benzene rings is 1. The smallest absolute Gasteiger partial charge is 0.488 e. The summed E-state index contributed by atoms with van der Waals surface area (Å²) in [7, 11) is 0.144. The molecule has 1 aromatic rings. The van der Waals surface area contributed by atoms with Crippen LogP contribution in [0, 0.1) is 11.3 Å². The predicted octanol–water partition coefficient (Wildman–Crippen LogP) is 1.94. The number of carbonyl (C=O) groups excluding carboxylic acids is 1. The van der Waals surface area contributed by atoms with Crippen LogP contribution in [0.5, 0.6) is 5.75 Å². The highest BCUT2D eigenvalue weighted by Crippen LogP contribution is 2.57. The maximum atomic E-state index is 11.8. The maximum Gasteiger partial charge on any atom is 0.488 e. The minimum absolute atomic E-state index is 0.335. The van der Waals surface area contributed by atoms with Crippen molar-refractivity contribution in [2.75, 3.05) is 13.7 Å². The van der Waals surface area contributed by atoms with Crippen molar-refractivity contribution in [2.24, 2.45) is 11.3 Å². The van der Waals surface area contributed by atoms with E-state index < -0.39 is 12.7 Å². The average Bonchev–Trinajstić information content (AvgIpc) is 3.36. The molecule has 8 heteroatoms. The first-order valence-electron chi connectivity index (χ1n) is 10.8. The Hall–Kier alpha value is -1.77. The first-order valence-corrected chi connectivity index (χ1v) is 10.8. The number of nitrogens with one attached hydrogen (secondary N) is 2. The Morgan fingerprint density at radius 1 is 1.27 bits per heavy atom. The average molecular weight is 418 g/mol. The Balaban J connectivity index is 1.43. The zero-order chi connectivity index (χ0) is 21.9. The summed E-state index contributed by atoms with van der Waals surface area (Å²) in [5.74, 6) is 1.26. The van der Waals surface area contributed by atoms with Gasteiger partial charge in [0.05, 0.1) is 7.11 Å². The molecule has 1 aromatic carbocycles. The van der Waals surface area contributed by atoms with Gasteiger partial charge in [0.2, 0.25) is 0 Å². The van der Waals surface area contributed by atoms with Crippen LogP contribution in [-0.4, -0.2) is 48.6 Å². The van der Waals surface area contributed by atoms with Crippen LogP contribution in [0.3, 0.4) is 0 Å². The van der Waals surface area contributed by atoms with Crippen LogP contribution in [0.1, 0.15) is 58.4 Å². The van der Waals surface area contributed by atoms with E-state index in [9.17, 15) is 14.8 Å². The molecule has 0 heterocycles. The van der Waals surface area contributed by atoms with Crippen LogP contribution in [0.15, 0.2) is 18.2 Å². The molecule has 4 N–H and O–H groups in total. The Morgan fingerprint density at radius 2 is 1.97 bits per heavy atom. The molecule has 0 aliphatic heterocycles. The molecule has 7 nitrogen and oxygen atoms in total. The van der Waals surface area contributed by atoms with E-state index in [1.807, 2.05) is 20.8 Å². The van der Waals surface area contributed by atoms with E-state index in [4.69, 9.17) is 9.47 Å². The zero-order valence-electron chi connectivity index (χ0n) is 18.5. The Kier molecular flexibility index (Phi) is 7.00. The van der Waals surface area contributed by atoms with Crippen LogP contribution in [0.2, 0.25) is 0 Å². The van der Waals surface area contributed by atoms with E-state index in [0.29, 0.717) is 35.9 Å². The highest BCUT2D eigenvalue weighted by atomic mass is 16.6. The molecule has 0 aromatic heterocycles. The van der Waals surface area contributed by atoms with Gasteiger partial charge in [-0.2, -0.15) is 0 Å². The molecule has 3 rings (SSSR count). The van der Waals surface area contributed by atoms with Crippen molar-refractivity contribution in [3.8, 4) is 5.75 Å². The Morgan fingerprint density at radius 3 is 2.57 bits per heavy atom. The molecule has 0 bridgehead atoms. The molecule has 2 saturated carbocycles. The van der Waals surface area contributed by atoms with Crippen molar-refractivity contribution >= 4 is 18.7 Å². The quantitative estimate of drug-likeness (QED) is 0.505. The number of carbonyl (C=O) groups is 1. The molecule has 166 valence electrons. The monoisotopic (exact) mass is 418 g/mol. The fourth-order valence-corrected chi connectivity index (χ4v) is 4.52. The summed E-state index contributed by atoms with van der Waals surface area (Å²) in [5, 5.41) is 25.4. The van der Waals surface area contributed by atoms with E-state index >= 15 is 0 Å². The largest absolute Gasteiger partial charge is 0.496 e. The SMILES string of the molecule is COc1ccc(B(O)O)cc1CNC1CC12CCC(CNC(=O)OC(C)(C)C)CC2. The molecule has 2 fully saturated rings. The summed E-state index contributed by atoms with van der Waals surface area (Å²) in [6, 6.07) is 5.70. The molecular weight excluding hydrogens is 383 g/mol. The third-order valence-electron chi connectivity index (χ3n) is 6.37. The van der Waals surface area contributed by atoms with Gasteiger partial charge in [0.1, 0.15) is 11.4 Å². The number of ether oxygens (including phenoxy) is 2. The van der Waals surface area contributed by atoms with Gasteiger partial charge < -0.3 is 30.2 Å². The van der Waals surface area contributed by atoms with Crippen LogP contribution in [0.4, 0.5) is 4.79 Å². The molecule has 2 aliphatic rings. The molecule has 1 amide bonds. The molecule has 1 atom stereocenters. The van der Waals surface area contributed by atoms with Crippen molar-refractivity contribution in [3.63, 3.8) is 0 Å². The van der Waals surface area contributed by atoms with Crippen molar-refractivity contribution in [3.05, 3.63) is 23.8 Å². The van der Waals surface area contributed by atoms with E-state index in [1.165, 1.54) is 6.42 Å². The van der Waals surface area contributed by atoms with Crippen LogP contribution >= 0.6 is 0 Å². The number of amides is 1. The van der Waals surface area contributed by atoms with E-state index in [0.717, 1.165) is 37.0 Å². The van der Waals surface area contributed by atoms with Gasteiger partial charge in [-0.25, -0.2) is 4.79 Å². The third kappa shape index (κ3) is 5.90. The minimum atomic E-state index is -1.48. The zero-order valence-corrected chi connectivity index (χ0v) is 18.5. The molecule has 1 spiro atoms. The molecule has 0 radical (unpaired) electrons. The molecular formula is C22H35BN2O5. The van der Waals surface area contributed by atoms with Crippen LogP contribution in [-0.2, 0) is 11.3 Å². The van der Waals surface area contributed by atoms with E-state index in [-0.39, 0.29) is 6.09 Å². The van der Waals surface area contributed by atoms with Gasteiger partial charge in [-0.15, -0.1) is 0 Å². The van der Waals surface area contributed by atoms with Gasteiger partial charge in [-0.3, -0.25) is 0 Å². The van der Waals surface area contributed by atoms with Gasteiger partial charge in [-0.05, 0) is 75.7 Å². The molecule has 0 saturated heterocycles. The van der Waals surface area contributed by atoms with Crippen molar-refractivity contribution in [1.29, 1.82) is 0 Å². The van der Waals surface area contributed by atoms with Gasteiger partial charge >= 0.3 is 13.2 Å². The summed E-state index contributed by atoms with van der Waals surface area (Å²) in [6.45, 7) is 6.93.